The van der Waals surface area contributed by atoms with E-state index in [-0.39, 0.29) is 0 Å². The summed E-state index contributed by atoms with van der Waals surface area (Å²) in [7, 11) is -5.18. The molecule has 0 aliphatic heterocycles. The van der Waals surface area contributed by atoms with Crippen LogP contribution in [0.15, 0.2) is 97.1 Å². The second-order valence-electron chi connectivity index (χ2n) is 7.21. The zero-order valence-electron chi connectivity index (χ0n) is 18.5. The number of hydrogen-bond acceptors (Lipinski definition) is 6. The molecule has 0 saturated heterocycles. The largest absolute Gasteiger partial charge is 0.426 e. The first-order valence-electron chi connectivity index (χ1n) is 10.5. The van der Waals surface area contributed by atoms with Crippen LogP contribution in [0.1, 0.15) is 12.5 Å². The molecule has 4 rings (SSSR count). The van der Waals surface area contributed by atoms with Gasteiger partial charge in [0.15, 0.2) is 0 Å². The minimum Gasteiger partial charge on any atom is -0.426 e. The van der Waals surface area contributed by atoms with Crippen LogP contribution in [0.3, 0.4) is 0 Å². The quantitative estimate of drug-likeness (QED) is 0.209. The van der Waals surface area contributed by atoms with Gasteiger partial charge in [-0.1, -0.05) is 97.9 Å². The first-order chi connectivity index (χ1) is 16.4. The van der Waals surface area contributed by atoms with Gasteiger partial charge in [0.05, 0.1) is 0 Å². The van der Waals surface area contributed by atoms with Crippen LogP contribution < -0.4 is 4.52 Å². The van der Waals surface area contributed by atoms with Crippen molar-refractivity contribution < 1.29 is 29.0 Å². The predicted octanol–water partition coefficient (Wildman–Crippen LogP) is 6.03. The monoisotopic (exact) mass is 496 g/mol. The summed E-state index contributed by atoms with van der Waals surface area (Å²) in [4.78, 5) is 41.1. The third kappa shape index (κ3) is 6.69. The molecule has 0 unspecified atom stereocenters. The Labute approximate surface area is 201 Å². The highest BCUT2D eigenvalue weighted by atomic mass is 31.2. The van der Waals surface area contributed by atoms with Crippen molar-refractivity contribution in [1.82, 2.24) is 0 Å². The van der Waals surface area contributed by atoms with E-state index in [0.717, 1.165) is 39.8 Å². The lowest BCUT2D eigenvalue weighted by molar-refractivity contribution is 0.368. The second-order valence-corrected chi connectivity index (χ2v) is 8.44. The molecule has 5 N–H and O–H groups in total. The van der Waals surface area contributed by atoms with E-state index in [2.05, 4.69) is 31.2 Å². The van der Waals surface area contributed by atoms with E-state index in [0.29, 0.717) is 5.75 Å². The molecule has 8 heteroatoms. The molecule has 4 aromatic rings. The maximum Gasteiger partial charge on any atom is 0.391 e. The Morgan fingerprint density at radius 3 is 1.44 bits per heavy atom. The molecule has 34 heavy (non-hydrogen) atoms. The highest BCUT2D eigenvalue weighted by Gasteiger charge is 2.23. The number of hydrogen-bond donors (Lipinski definition) is 5. The Balaban J connectivity index is 0.000000751. The third-order valence-electron chi connectivity index (χ3n) is 5.14. The molecule has 0 aliphatic carbocycles. The molecule has 6 nitrogen and oxygen atoms in total. The highest BCUT2D eigenvalue weighted by Crippen LogP contribution is 2.48. The fourth-order valence-electron chi connectivity index (χ4n) is 3.92. The van der Waals surface area contributed by atoms with Crippen LogP contribution in [0.2, 0.25) is 0 Å². The summed E-state index contributed by atoms with van der Waals surface area (Å²) < 4.78 is 5.60. The maximum atomic E-state index is 9.72. The Hall–Kier alpha value is -2.66. The summed E-state index contributed by atoms with van der Waals surface area (Å²) in [5.74, 6) is 0.465. The van der Waals surface area contributed by atoms with Crippen molar-refractivity contribution in [3.05, 3.63) is 103 Å². The Kier molecular flexibility index (Phi) is 9.70. The van der Waals surface area contributed by atoms with Gasteiger partial charge in [0.1, 0.15) is 5.75 Å². The lowest BCUT2D eigenvalue weighted by atomic mass is 9.84. The molecular formula is C26H26O6P2. The van der Waals surface area contributed by atoms with E-state index in [1.54, 1.807) is 0 Å². The average Bonchev–Trinajstić information content (AvgIpc) is 2.84. The SMILES string of the molecule is CCc1c(-c2ccccc2)cc(OP(O)O)c(-c2ccccc2)c1-c1ccccc1.OP(O)O. The van der Waals surface area contributed by atoms with Gasteiger partial charge in [0.25, 0.3) is 0 Å². The fourth-order valence-corrected chi connectivity index (χ4v) is 4.24. The normalized spacial score (nSPS) is 10.7. The number of benzene rings is 4. The van der Waals surface area contributed by atoms with Crippen molar-refractivity contribution in [3.63, 3.8) is 0 Å². The van der Waals surface area contributed by atoms with Gasteiger partial charge in [-0.05, 0) is 45.9 Å². The lowest BCUT2D eigenvalue weighted by Gasteiger charge is -2.23. The summed E-state index contributed by atoms with van der Waals surface area (Å²) in [5, 5.41) is 0. The standard InChI is InChI=1S/C26H23O3P.H3O3P/c1-2-22-23(19-12-6-3-7-13-19)18-24(29-30(27)28)26(21-16-10-5-11-17-21)25(22)20-14-8-4-9-15-20;1-4(2)3/h3-18,27-28H,2H2,1H3;1-3H. The smallest absolute Gasteiger partial charge is 0.391 e. The summed E-state index contributed by atoms with van der Waals surface area (Å²) in [6.07, 6.45) is 0.821. The van der Waals surface area contributed by atoms with Gasteiger partial charge in [-0.25, -0.2) is 0 Å². The topological polar surface area (TPSA) is 110 Å². The minimum absolute atomic E-state index is 0.465. The van der Waals surface area contributed by atoms with Crippen molar-refractivity contribution in [2.75, 3.05) is 0 Å². The van der Waals surface area contributed by atoms with Crippen molar-refractivity contribution in [3.8, 4) is 39.1 Å². The van der Waals surface area contributed by atoms with Crippen LogP contribution in [0.4, 0.5) is 0 Å². The van der Waals surface area contributed by atoms with Crippen LogP contribution in [0, 0.1) is 0 Å². The predicted molar refractivity (Wildman–Crippen MR) is 138 cm³/mol. The zero-order chi connectivity index (χ0) is 24.5. The first-order valence-corrected chi connectivity index (χ1v) is 12.9. The Morgan fingerprint density at radius 2 is 1.03 bits per heavy atom. The summed E-state index contributed by atoms with van der Waals surface area (Å²) in [5.41, 5.74) is 7.25. The van der Waals surface area contributed by atoms with E-state index >= 15 is 0 Å². The number of rotatable bonds is 6. The molecule has 0 amide bonds. The van der Waals surface area contributed by atoms with Crippen molar-refractivity contribution in [2.45, 2.75) is 13.3 Å². The van der Waals surface area contributed by atoms with Crippen LogP contribution in [0.25, 0.3) is 33.4 Å². The van der Waals surface area contributed by atoms with Gasteiger partial charge in [-0.2, -0.15) is 0 Å². The van der Waals surface area contributed by atoms with Gasteiger partial charge in [0.2, 0.25) is 0 Å². The van der Waals surface area contributed by atoms with E-state index < -0.39 is 17.2 Å². The molecule has 4 aromatic carbocycles. The van der Waals surface area contributed by atoms with Gasteiger partial charge in [0, 0.05) is 5.56 Å². The van der Waals surface area contributed by atoms with Crippen molar-refractivity contribution >= 4 is 17.2 Å². The third-order valence-corrected chi connectivity index (χ3v) is 5.50. The summed E-state index contributed by atoms with van der Waals surface area (Å²) in [6, 6.07) is 32.2. The summed E-state index contributed by atoms with van der Waals surface area (Å²) in [6.45, 7) is 2.15. The molecule has 0 bridgehead atoms. The molecule has 176 valence electrons. The van der Waals surface area contributed by atoms with Crippen LogP contribution in [0.5, 0.6) is 5.75 Å². The van der Waals surface area contributed by atoms with Crippen LogP contribution in [-0.4, -0.2) is 24.5 Å². The molecule has 0 radical (unpaired) electrons. The first kappa shape index (κ1) is 26.0. The van der Waals surface area contributed by atoms with E-state index in [9.17, 15) is 9.79 Å². The van der Waals surface area contributed by atoms with Crippen molar-refractivity contribution in [1.29, 1.82) is 0 Å². The van der Waals surface area contributed by atoms with E-state index in [1.807, 2.05) is 72.8 Å². The Bertz CT molecular complexity index is 1170. The van der Waals surface area contributed by atoms with Gasteiger partial charge in [-0.3, -0.25) is 0 Å². The molecule has 0 fully saturated rings. The molecular weight excluding hydrogens is 470 g/mol. The lowest BCUT2D eigenvalue weighted by Crippen LogP contribution is -2.00. The summed E-state index contributed by atoms with van der Waals surface area (Å²) >= 11 is 0. The highest BCUT2D eigenvalue weighted by molar-refractivity contribution is 7.39. The average molecular weight is 496 g/mol. The molecule has 0 spiro atoms. The van der Waals surface area contributed by atoms with Crippen LogP contribution in [-0.2, 0) is 6.42 Å². The van der Waals surface area contributed by atoms with Crippen molar-refractivity contribution in [2.24, 2.45) is 0 Å². The van der Waals surface area contributed by atoms with Gasteiger partial charge >= 0.3 is 17.2 Å². The van der Waals surface area contributed by atoms with Crippen LogP contribution >= 0.6 is 17.2 Å². The second kappa shape index (κ2) is 12.7. The molecule has 0 heterocycles. The van der Waals surface area contributed by atoms with E-state index in [1.165, 1.54) is 5.56 Å². The molecule has 0 aromatic heterocycles. The van der Waals surface area contributed by atoms with E-state index in [4.69, 9.17) is 19.2 Å². The molecule has 0 saturated carbocycles. The van der Waals surface area contributed by atoms with Gasteiger partial charge < -0.3 is 29.0 Å². The molecule has 0 atom stereocenters. The minimum atomic E-state index is -2.62. The zero-order valence-corrected chi connectivity index (χ0v) is 20.3. The fraction of sp³-hybridized carbons (Fsp3) is 0.0769. The molecule has 0 aliphatic rings. The Morgan fingerprint density at radius 1 is 0.618 bits per heavy atom. The van der Waals surface area contributed by atoms with Gasteiger partial charge in [-0.15, -0.1) is 0 Å². The maximum absolute atomic E-state index is 9.72.